The first kappa shape index (κ1) is 11.4. The average Bonchev–Trinajstić information content (AvgIpc) is 2.21. The van der Waals surface area contributed by atoms with E-state index in [1.54, 1.807) is 0 Å². The van der Waals surface area contributed by atoms with Crippen LogP contribution in [0.1, 0.15) is 39.5 Å². The maximum atomic E-state index is 11.7. The molecule has 0 aliphatic heterocycles. The molecule has 0 spiro atoms. The summed E-state index contributed by atoms with van der Waals surface area (Å²) in [6.07, 6.45) is 5.28. The summed E-state index contributed by atoms with van der Waals surface area (Å²) in [5.74, 6) is 0.785. The number of hydrogen-bond donors (Lipinski definition) is 0. The molecular formula is C12H20O2. The second-order valence-corrected chi connectivity index (χ2v) is 4.18. The van der Waals surface area contributed by atoms with Crippen LogP contribution in [0, 0.1) is 5.92 Å². The van der Waals surface area contributed by atoms with Crippen LogP contribution in [-0.4, -0.2) is 18.0 Å². The Bertz CT molecular complexity index is 212. The Morgan fingerprint density at radius 2 is 2.14 bits per heavy atom. The maximum absolute atomic E-state index is 11.7. The summed E-state index contributed by atoms with van der Waals surface area (Å²) in [5, 5.41) is 0. The van der Waals surface area contributed by atoms with Gasteiger partial charge in [-0.1, -0.05) is 13.5 Å². The molecule has 0 aromatic rings. The zero-order valence-corrected chi connectivity index (χ0v) is 9.21. The SMILES string of the molecule is C=CC(=O)C1(OCC)CCC(C)CC1. The number of carbonyl (C=O) groups excluding carboxylic acids is 1. The molecule has 80 valence electrons. The van der Waals surface area contributed by atoms with E-state index in [0.29, 0.717) is 6.61 Å². The van der Waals surface area contributed by atoms with Gasteiger partial charge in [-0.15, -0.1) is 0 Å². The van der Waals surface area contributed by atoms with Gasteiger partial charge in [0, 0.05) is 6.61 Å². The van der Waals surface area contributed by atoms with E-state index >= 15 is 0 Å². The number of rotatable bonds is 4. The van der Waals surface area contributed by atoms with Crippen LogP contribution >= 0.6 is 0 Å². The fourth-order valence-electron chi connectivity index (χ4n) is 2.15. The molecule has 14 heavy (non-hydrogen) atoms. The van der Waals surface area contributed by atoms with E-state index in [-0.39, 0.29) is 5.78 Å². The van der Waals surface area contributed by atoms with Crippen molar-refractivity contribution in [1.29, 1.82) is 0 Å². The zero-order chi connectivity index (χ0) is 10.6. The summed E-state index contributed by atoms with van der Waals surface area (Å²) < 4.78 is 5.65. The molecular weight excluding hydrogens is 176 g/mol. The molecule has 0 aromatic heterocycles. The zero-order valence-electron chi connectivity index (χ0n) is 9.21. The van der Waals surface area contributed by atoms with E-state index in [1.165, 1.54) is 6.08 Å². The first-order valence-corrected chi connectivity index (χ1v) is 5.45. The Morgan fingerprint density at radius 3 is 2.57 bits per heavy atom. The van der Waals surface area contributed by atoms with E-state index in [0.717, 1.165) is 31.6 Å². The quantitative estimate of drug-likeness (QED) is 0.646. The molecule has 2 heteroatoms. The van der Waals surface area contributed by atoms with E-state index in [1.807, 2.05) is 6.92 Å². The fourth-order valence-corrected chi connectivity index (χ4v) is 2.15. The molecule has 0 radical (unpaired) electrons. The second kappa shape index (κ2) is 4.74. The van der Waals surface area contributed by atoms with E-state index < -0.39 is 5.60 Å². The summed E-state index contributed by atoms with van der Waals surface area (Å²) in [6, 6.07) is 0. The molecule has 2 nitrogen and oxygen atoms in total. The number of ether oxygens (including phenoxy) is 1. The van der Waals surface area contributed by atoms with Crippen molar-refractivity contribution in [3.05, 3.63) is 12.7 Å². The van der Waals surface area contributed by atoms with Gasteiger partial charge in [0.05, 0.1) is 0 Å². The van der Waals surface area contributed by atoms with E-state index in [2.05, 4.69) is 13.5 Å². The molecule has 1 rings (SSSR count). The van der Waals surface area contributed by atoms with E-state index in [4.69, 9.17) is 4.74 Å². The smallest absolute Gasteiger partial charge is 0.186 e. The number of ketones is 1. The van der Waals surface area contributed by atoms with Gasteiger partial charge in [-0.3, -0.25) is 4.79 Å². The molecule has 0 N–H and O–H groups in total. The predicted octanol–water partition coefficient (Wildman–Crippen LogP) is 2.73. The maximum Gasteiger partial charge on any atom is 0.186 e. The normalized spacial score (nSPS) is 32.6. The number of carbonyl (C=O) groups is 1. The van der Waals surface area contributed by atoms with Gasteiger partial charge in [0.25, 0.3) is 0 Å². The van der Waals surface area contributed by atoms with Crippen LogP contribution in [0.3, 0.4) is 0 Å². The highest BCUT2D eigenvalue weighted by Gasteiger charge is 2.39. The highest BCUT2D eigenvalue weighted by atomic mass is 16.5. The van der Waals surface area contributed by atoms with Gasteiger partial charge in [-0.05, 0) is 44.6 Å². The molecule has 0 bridgehead atoms. The molecule has 0 aromatic carbocycles. The van der Waals surface area contributed by atoms with Gasteiger partial charge in [0.15, 0.2) is 5.78 Å². The van der Waals surface area contributed by atoms with Crippen LogP contribution in [0.5, 0.6) is 0 Å². The van der Waals surface area contributed by atoms with Crippen LogP contribution in [-0.2, 0) is 9.53 Å². The van der Waals surface area contributed by atoms with Crippen molar-refractivity contribution in [2.45, 2.75) is 45.1 Å². The largest absolute Gasteiger partial charge is 0.367 e. The van der Waals surface area contributed by atoms with Crippen LogP contribution in [0.2, 0.25) is 0 Å². The predicted molar refractivity (Wildman–Crippen MR) is 57.2 cm³/mol. The molecule has 1 aliphatic rings. The Balaban J connectivity index is 2.72. The van der Waals surface area contributed by atoms with Crippen molar-refractivity contribution in [2.75, 3.05) is 6.61 Å². The summed E-state index contributed by atoms with van der Waals surface area (Å²) in [6.45, 7) is 8.33. The lowest BCUT2D eigenvalue weighted by Crippen LogP contribution is -2.43. The Kier molecular flexibility index (Phi) is 3.87. The summed E-state index contributed by atoms with van der Waals surface area (Å²) in [4.78, 5) is 11.7. The van der Waals surface area contributed by atoms with Gasteiger partial charge in [0.2, 0.25) is 0 Å². The third-order valence-corrected chi connectivity index (χ3v) is 3.14. The van der Waals surface area contributed by atoms with E-state index in [9.17, 15) is 4.79 Å². The van der Waals surface area contributed by atoms with Gasteiger partial charge in [-0.25, -0.2) is 0 Å². The van der Waals surface area contributed by atoms with Gasteiger partial charge in [-0.2, -0.15) is 0 Å². The van der Waals surface area contributed by atoms with Crippen molar-refractivity contribution < 1.29 is 9.53 Å². The topological polar surface area (TPSA) is 26.3 Å². The lowest BCUT2D eigenvalue weighted by atomic mass is 9.77. The molecule has 0 atom stereocenters. The summed E-state index contributed by atoms with van der Waals surface area (Å²) in [5.41, 5.74) is -0.539. The summed E-state index contributed by atoms with van der Waals surface area (Å²) in [7, 11) is 0. The monoisotopic (exact) mass is 196 g/mol. The molecule has 1 fully saturated rings. The number of hydrogen-bond acceptors (Lipinski definition) is 2. The van der Waals surface area contributed by atoms with Crippen molar-refractivity contribution in [2.24, 2.45) is 5.92 Å². The highest BCUT2D eigenvalue weighted by molar-refractivity contribution is 5.96. The minimum absolute atomic E-state index is 0.0613. The standard InChI is InChI=1S/C12H20O2/c1-4-11(13)12(14-5-2)8-6-10(3)7-9-12/h4,10H,1,5-9H2,2-3H3. The van der Waals surface area contributed by atoms with Gasteiger partial charge < -0.3 is 4.74 Å². The lowest BCUT2D eigenvalue weighted by Gasteiger charge is -2.37. The fraction of sp³-hybridized carbons (Fsp3) is 0.750. The van der Waals surface area contributed by atoms with Crippen molar-refractivity contribution in [3.8, 4) is 0 Å². The molecule has 1 aliphatic carbocycles. The Morgan fingerprint density at radius 1 is 1.57 bits per heavy atom. The third kappa shape index (κ3) is 2.24. The van der Waals surface area contributed by atoms with Crippen molar-refractivity contribution in [1.82, 2.24) is 0 Å². The Labute approximate surface area is 86.3 Å². The first-order chi connectivity index (χ1) is 6.64. The lowest BCUT2D eigenvalue weighted by molar-refractivity contribution is -0.144. The molecule has 0 unspecified atom stereocenters. The van der Waals surface area contributed by atoms with Gasteiger partial charge in [0.1, 0.15) is 5.60 Å². The summed E-state index contributed by atoms with van der Waals surface area (Å²) >= 11 is 0. The first-order valence-electron chi connectivity index (χ1n) is 5.45. The molecule has 0 saturated heterocycles. The molecule has 0 heterocycles. The van der Waals surface area contributed by atoms with Crippen LogP contribution in [0.4, 0.5) is 0 Å². The third-order valence-electron chi connectivity index (χ3n) is 3.14. The highest BCUT2D eigenvalue weighted by Crippen LogP contribution is 2.35. The second-order valence-electron chi connectivity index (χ2n) is 4.18. The van der Waals surface area contributed by atoms with Gasteiger partial charge >= 0.3 is 0 Å². The Hall–Kier alpha value is -0.630. The van der Waals surface area contributed by atoms with Crippen molar-refractivity contribution in [3.63, 3.8) is 0 Å². The van der Waals surface area contributed by atoms with Crippen LogP contribution in [0.15, 0.2) is 12.7 Å². The average molecular weight is 196 g/mol. The van der Waals surface area contributed by atoms with Crippen LogP contribution < -0.4 is 0 Å². The minimum atomic E-state index is -0.539. The van der Waals surface area contributed by atoms with Crippen molar-refractivity contribution >= 4 is 5.78 Å². The molecule has 1 saturated carbocycles. The molecule has 0 amide bonds. The minimum Gasteiger partial charge on any atom is -0.367 e. The van der Waals surface area contributed by atoms with Crippen LogP contribution in [0.25, 0.3) is 0 Å².